The Morgan fingerprint density at radius 3 is 2.53 bits per heavy atom. The SMILES string of the molecule is Cc1ccc(NC(=O)C(N)CC(N)=O)c(C)c1. The van der Waals surface area contributed by atoms with Gasteiger partial charge in [-0.25, -0.2) is 0 Å². The molecule has 1 unspecified atom stereocenters. The molecule has 0 aliphatic carbocycles. The van der Waals surface area contributed by atoms with E-state index in [1.165, 1.54) is 0 Å². The Morgan fingerprint density at radius 2 is 2.00 bits per heavy atom. The van der Waals surface area contributed by atoms with E-state index in [4.69, 9.17) is 11.5 Å². The Labute approximate surface area is 100 Å². The summed E-state index contributed by atoms with van der Waals surface area (Å²) in [5, 5.41) is 2.67. The zero-order chi connectivity index (χ0) is 13.0. The molecule has 0 bridgehead atoms. The summed E-state index contributed by atoms with van der Waals surface area (Å²) in [5.41, 5.74) is 13.3. The summed E-state index contributed by atoms with van der Waals surface area (Å²) in [6.07, 6.45) is -0.156. The predicted octanol–water partition coefficient (Wildman–Crippen LogP) is 0.445. The molecule has 17 heavy (non-hydrogen) atoms. The highest BCUT2D eigenvalue weighted by Crippen LogP contribution is 2.16. The van der Waals surface area contributed by atoms with Gasteiger partial charge in [-0.1, -0.05) is 17.7 Å². The van der Waals surface area contributed by atoms with Crippen LogP contribution >= 0.6 is 0 Å². The normalized spacial score (nSPS) is 11.9. The minimum absolute atomic E-state index is 0.156. The summed E-state index contributed by atoms with van der Waals surface area (Å²) in [4.78, 5) is 22.3. The van der Waals surface area contributed by atoms with Crippen molar-refractivity contribution in [1.29, 1.82) is 0 Å². The first-order chi connectivity index (χ1) is 7.90. The van der Waals surface area contributed by atoms with E-state index >= 15 is 0 Å². The Hall–Kier alpha value is -1.88. The number of benzene rings is 1. The van der Waals surface area contributed by atoms with Gasteiger partial charge >= 0.3 is 0 Å². The number of rotatable bonds is 4. The third-order valence-corrected chi connectivity index (χ3v) is 2.40. The van der Waals surface area contributed by atoms with E-state index in [-0.39, 0.29) is 6.42 Å². The number of carbonyl (C=O) groups is 2. The van der Waals surface area contributed by atoms with Gasteiger partial charge in [-0.15, -0.1) is 0 Å². The van der Waals surface area contributed by atoms with Gasteiger partial charge in [0.1, 0.15) is 0 Å². The zero-order valence-electron chi connectivity index (χ0n) is 9.99. The lowest BCUT2D eigenvalue weighted by Crippen LogP contribution is -2.39. The van der Waals surface area contributed by atoms with Crippen LogP contribution in [0.4, 0.5) is 5.69 Å². The number of primary amides is 1. The van der Waals surface area contributed by atoms with Crippen molar-refractivity contribution < 1.29 is 9.59 Å². The summed E-state index contributed by atoms with van der Waals surface area (Å²) in [6, 6.07) is 4.74. The fourth-order valence-electron chi connectivity index (χ4n) is 1.49. The van der Waals surface area contributed by atoms with Gasteiger partial charge < -0.3 is 16.8 Å². The fraction of sp³-hybridized carbons (Fsp3) is 0.333. The lowest BCUT2D eigenvalue weighted by atomic mass is 10.1. The van der Waals surface area contributed by atoms with E-state index in [1.807, 2.05) is 26.0 Å². The molecular weight excluding hydrogens is 218 g/mol. The van der Waals surface area contributed by atoms with Crippen molar-refractivity contribution in [3.63, 3.8) is 0 Å². The van der Waals surface area contributed by atoms with Gasteiger partial charge in [0.05, 0.1) is 12.5 Å². The number of hydrogen-bond donors (Lipinski definition) is 3. The zero-order valence-corrected chi connectivity index (χ0v) is 9.99. The average molecular weight is 235 g/mol. The summed E-state index contributed by atoms with van der Waals surface area (Å²) in [7, 11) is 0. The average Bonchev–Trinajstić information content (AvgIpc) is 2.21. The first-order valence-electron chi connectivity index (χ1n) is 5.32. The van der Waals surface area contributed by atoms with Crippen LogP contribution in [-0.4, -0.2) is 17.9 Å². The van der Waals surface area contributed by atoms with Crippen LogP contribution < -0.4 is 16.8 Å². The number of hydrogen-bond acceptors (Lipinski definition) is 3. The van der Waals surface area contributed by atoms with E-state index in [0.29, 0.717) is 5.69 Å². The van der Waals surface area contributed by atoms with Gasteiger partial charge in [0.25, 0.3) is 0 Å². The number of nitrogens with two attached hydrogens (primary N) is 2. The molecule has 0 saturated carbocycles. The largest absolute Gasteiger partial charge is 0.370 e. The molecule has 1 aromatic carbocycles. The molecule has 1 aromatic rings. The number of carbonyl (C=O) groups excluding carboxylic acids is 2. The van der Waals surface area contributed by atoms with Gasteiger partial charge in [-0.05, 0) is 25.5 Å². The summed E-state index contributed by atoms with van der Waals surface area (Å²) >= 11 is 0. The minimum Gasteiger partial charge on any atom is -0.370 e. The molecule has 1 rings (SSSR count). The molecule has 0 heterocycles. The number of anilines is 1. The molecule has 0 radical (unpaired) electrons. The van der Waals surface area contributed by atoms with Crippen LogP contribution in [0.1, 0.15) is 17.5 Å². The molecule has 0 aliphatic heterocycles. The Bertz CT molecular complexity index is 443. The van der Waals surface area contributed by atoms with Crippen molar-refractivity contribution in [3.8, 4) is 0 Å². The van der Waals surface area contributed by atoms with Crippen LogP contribution in [0.15, 0.2) is 18.2 Å². The molecule has 0 fully saturated rings. The van der Waals surface area contributed by atoms with Crippen molar-refractivity contribution in [2.75, 3.05) is 5.32 Å². The molecule has 0 spiro atoms. The van der Waals surface area contributed by atoms with E-state index in [1.54, 1.807) is 6.07 Å². The maximum atomic E-state index is 11.6. The Balaban J connectivity index is 2.71. The standard InChI is InChI=1S/C12H17N3O2/c1-7-3-4-10(8(2)5-7)15-12(17)9(13)6-11(14)16/h3-5,9H,6,13H2,1-2H3,(H2,14,16)(H,15,17). The Kier molecular flexibility index (Phi) is 4.23. The molecule has 2 amide bonds. The maximum Gasteiger partial charge on any atom is 0.241 e. The molecule has 0 aromatic heterocycles. The van der Waals surface area contributed by atoms with Crippen molar-refractivity contribution in [2.24, 2.45) is 11.5 Å². The van der Waals surface area contributed by atoms with Crippen molar-refractivity contribution >= 4 is 17.5 Å². The van der Waals surface area contributed by atoms with Crippen LogP contribution in [0.5, 0.6) is 0 Å². The topological polar surface area (TPSA) is 98.2 Å². The lowest BCUT2D eigenvalue weighted by molar-refractivity contribution is -0.123. The van der Waals surface area contributed by atoms with E-state index in [0.717, 1.165) is 11.1 Å². The number of aryl methyl sites for hydroxylation is 2. The summed E-state index contributed by atoms with van der Waals surface area (Å²) in [6.45, 7) is 3.86. The van der Waals surface area contributed by atoms with Gasteiger partial charge in [0.2, 0.25) is 11.8 Å². The second-order valence-electron chi connectivity index (χ2n) is 4.08. The van der Waals surface area contributed by atoms with Gasteiger partial charge in [-0.3, -0.25) is 9.59 Å². The van der Waals surface area contributed by atoms with E-state index in [2.05, 4.69) is 5.32 Å². The first kappa shape index (κ1) is 13.2. The summed E-state index contributed by atoms with van der Waals surface area (Å²) < 4.78 is 0. The van der Waals surface area contributed by atoms with Gasteiger partial charge in [0.15, 0.2) is 0 Å². The van der Waals surface area contributed by atoms with Crippen LogP contribution in [0.3, 0.4) is 0 Å². The van der Waals surface area contributed by atoms with Crippen molar-refractivity contribution in [3.05, 3.63) is 29.3 Å². The molecule has 92 valence electrons. The lowest BCUT2D eigenvalue weighted by Gasteiger charge is -2.12. The third kappa shape index (κ3) is 3.88. The molecule has 0 saturated heterocycles. The molecule has 5 nitrogen and oxygen atoms in total. The minimum atomic E-state index is -0.909. The molecule has 1 atom stereocenters. The van der Waals surface area contributed by atoms with Crippen molar-refractivity contribution in [2.45, 2.75) is 26.3 Å². The van der Waals surface area contributed by atoms with Crippen LogP contribution in [0.2, 0.25) is 0 Å². The highest BCUT2D eigenvalue weighted by atomic mass is 16.2. The predicted molar refractivity (Wildman–Crippen MR) is 66.3 cm³/mol. The second kappa shape index (κ2) is 5.45. The van der Waals surface area contributed by atoms with Gasteiger partial charge in [0, 0.05) is 5.69 Å². The van der Waals surface area contributed by atoms with Crippen LogP contribution in [-0.2, 0) is 9.59 Å². The molecule has 5 N–H and O–H groups in total. The van der Waals surface area contributed by atoms with E-state index < -0.39 is 17.9 Å². The quantitative estimate of drug-likeness (QED) is 0.706. The maximum absolute atomic E-state index is 11.6. The highest BCUT2D eigenvalue weighted by molar-refractivity contribution is 5.97. The number of amides is 2. The van der Waals surface area contributed by atoms with E-state index in [9.17, 15) is 9.59 Å². The van der Waals surface area contributed by atoms with Crippen LogP contribution in [0, 0.1) is 13.8 Å². The van der Waals surface area contributed by atoms with Gasteiger partial charge in [-0.2, -0.15) is 0 Å². The Morgan fingerprint density at radius 1 is 1.35 bits per heavy atom. The first-order valence-corrected chi connectivity index (χ1v) is 5.32. The fourth-order valence-corrected chi connectivity index (χ4v) is 1.49. The second-order valence-corrected chi connectivity index (χ2v) is 4.08. The smallest absolute Gasteiger partial charge is 0.241 e. The molecule has 0 aliphatic rings. The number of nitrogens with one attached hydrogen (secondary N) is 1. The summed E-state index contributed by atoms with van der Waals surface area (Å²) in [5.74, 6) is -0.996. The monoisotopic (exact) mass is 235 g/mol. The molecule has 5 heteroatoms. The third-order valence-electron chi connectivity index (χ3n) is 2.40. The molecular formula is C12H17N3O2. The van der Waals surface area contributed by atoms with Crippen molar-refractivity contribution in [1.82, 2.24) is 0 Å². The van der Waals surface area contributed by atoms with Crippen LogP contribution in [0.25, 0.3) is 0 Å². The highest BCUT2D eigenvalue weighted by Gasteiger charge is 2.16.